The van der Waals surface area contributed by atoms with Gasteiger partial charge in [-0.15, -0.1) is 0 Å². The summed E-state index contributed by atoms with van der Waals surface area (Å²) < 4.78 is 79.4. The van der Waals surface area contributed by atoms with Crippen LogP contribution in [0.5, 0.6) is 5.75 Å². The molecule has 18 heteroatoms. The van der Waals surface area contributed by atoms with Gasteiger partial charge in [0.2, 0.25) is 10.0 Å². The Balaban J connectivity index is 1.81. The number of primary amides is 1. The number of benzene rings is 2. The van der Waals surface area contributed by atoms with Crippen molar-refractivity contribution >= 4 is 52.9 Å². The number of nitrogens with two attached hydrogens (primary N) is 1. The molecule has 0 bridgehead atoms. The minimum Gasteiger partial charge on any atom is -0.484 e. The number of carbonyl (C=O) groups is 1. The van der Waals surface area contributed by atoms with Gasteiger partial charge < -0.3 is 20.5 Å². The van der Waals surface area contributed by atoms with Gasteiger partial charge in [0, 0.05) is 37.7 Å². The highest BCUT2D eigenvalue weighted by molar-refractivity contribution is 7.92. The quantitative estimate of drug-likeness (QED) is 0.0906. The molecule has 4 rings (SSSR count). The molecule has 12 nitrogen and oxygen atoms in total. The van der Waals surface area contributed by atoms with Gasteiger partial charge in [-0.3, -0.25) is 14.5 Å². The van der Waals surface area contributed by atoms with Crippen LogP contribution in [0, 0.1) is 0 Å². The van der Waals surface area contributed by atoms with E-state index in [0.29, 0.717) is 17.2 Å². The highest BCUT2D eigenvalue weighted by Gasteiger charge is 2.36. The molecule has 2 aromatic heterocycles. The third-order valence-electron chi connectivity index (χ3n) is 6.74. The molecular formula is C30H35ClF3N7O5SSi. The molecule has 258 valence electrons. The number of anilines is 3. The fourth-order valence-electron chi connectivity index (χ4n) is 4.39. The molecule has 1 atom stereocenters. The Morgan fingerprint density at radius 1 is 1.12 bits per heavy atom. The molecule has 0 radical (unpaired) electrons. The number of hydrogen-bond donors (Lipinski definition) is 3. The topological polar surface area (TPSA) is 163 Å². The molecule has 2 aromatic carbocycles. The summed E-state index contributed by atoms with van der Waals surface area (Å²) in [5.41, 5.74) is 6.49. The number of nitrogens with zero attached hydrogens (tertiary/aromatic N) is 4. The summed E-state index contributed by atoms with van der Waals surface area (Å²) in [6, 6.07) is 11.4. The smallest absolute Gasteiger partial charge is 0.404 e. The third-order valence-corrected chi connectivity index (χ3v) is 9.93. The summed E-state index contributed by atoms with van der Waals surface area (Å²) in [7, 11) is -6.31. The molecular weight excluding hydrogens is 691 g/mol. The number of ether oxygens (including phenoxy) is 2. The second kappa shape index (κ2) is 14.9. The van der Waals surface area contributed by atoms with E-state index in [0.717, 1.165) is 6.04 Å². The monoisotopic (exact) mass is 725 g/mol. The van der Waals surface area contributed by atoms with Crippen molar-refractivity contribution in [2.45, 2.75) is 51.6 Å². The van der Waals surface area contributed by atoms with Crippen LogP contribution in [0.1, 0.15) is 28.9 Å². The maximum absolute atomic E-state index is 13.1. The van der Waals surface area contributed by atoms with E-state index in [1.54, 1.807) is 31.2 Å². The molecule has 0 saturated carbocycles. The zero-order valence-corrected chi connectivity index (χ0v) is 29.1. The van der Waals surface area contributed by atoms with Gasteiger partial charge in [0.25, 0.3) is 5.91 Å². The van der Waals surface area contributed by atoms with Crippen molar-refractivity contribution in [3.05, 3.63) is 77.2 Å². The number of rotatable bonds is 15. The molecule has 4 N–H and O–H groups in total. The molecule has 1 amide bonds. The van der Waals surface area contributed by atoms with Crippen LogP contribution in [-0.2, 0) is 21.5 Å². The molecule has 4 aromatic rings. The van der Waals surface area contributed by atoms with E-state index in [4.69, 9.17) is 26.8 Å². The fourth-order valence-corrected chi connectivity index (χ4v) is 6.28. The number of amides is 1. The average Bonchev–Trinajstić information content (AvgIpc) is 3.33. The maximum Gasteiger partial charge on any atom is 0.404 e. The van der Waals surface area contributed by atoms with Crippen LogP contribution < -0.4 is 20.5 Å². The van der Waals surface area contributed by atoms with Crippen LogP contribution in [0.15, 0.2) is 61.1 Å². The Hall–Kier alpha value is -4.19. The first kappa shape index (κ1) is 36.6. The van der Waals surface area contributed by atoms with Gasteiger partial charge in [-0.2, -0.15) is 18.3 Å². The lowest BCUT2D eigenvalue weighted by Gasteiger charge is -2.20. The lowest BCUT2D eigenvalue weighted by atomic mass is 10.1. The van der Waals surface area contributed by atoms with E-state index in [-0.39, 0.29) is 46.6 Å². The number of alkyl halides is 3. The van der Waals surface area contributed by atoms with Crippen molar-refractivity contribution in [1.29, 1.82) is 0 Å². The molecule has 0 saturated heterocycles. The summed E-state index contributed by atoms with van der Waals surface area (Å²) in [4.78, 5) is 21.2. The first-order valence-electron chi connectivity index (χ1n) is 14.6. The summed E-state index contributed by atoms with van der Waals surface area (Å²) in [6.07, 6.45) is -1.36. The van der Waals surface area contributed by atoms with Crippen LogP contribution in [0.25, 0.3) is 11.3 Å². The van der Waals surface area contributed by atoms with E-state index in [1.807, 2.05) is 4.72 Å². The molecule has 2 heterocycles. The van der Waals surface area contributed by atoms with Crippen LogP contribution >= 0.6 is 11.6 Å². The second-order valence-electron chi connectivity index (χ2n) is 12.0. The number of hydrogen-bond acceptors (Lipinski definition) is 9. The Labute approximate surface area is 281 Å². The molecule has 0 spiro atoms. The molecule has 0 aliphatic carbocycles. The predicted molar refractivity (Wildman–Crippen MR) is 180 cm³/mol. The zero-order valence-electron chi connectivity index (χ0n) is 26.5. The molecule has 48 heavy (non-hydrogen) atoms. The Morgan fingerprint density at radius 2 is 1.83 bits per heavy atom. The van der Waals surface area contributed by atoms with Crippen LogP contribution in [0.4, 0.5) is 30.5 Å². The molecule has 1 unspecified atom stereocenters. The fraction of sp³-hybridized carbons (Fsp3) is 0.333. The normalized spacial score (nSPS) is 12.8. The van der Waals surface area contributed by atoms with Crippen molar-refractivity contribution < 1.29 is 35.9 Å². The summed E-state index contributed by atoms with van der Waals surface area (Å²) in [5.74, 6) is -2.68. The molecule has 0 fully saturated rings. The first-order chi connectivity index (χ1) is 22.4. The SMILES string of the molecule is CC(Oc1cc(-c2nn(COCC[Si](C)(C)C)c(Nc3cnccn3)c2C(N)=O)ccc1NS(=O)(=O)CC(F)(F)F)c1ccc(Cl)cc1. The highest BCUT2D eigenvalue weighted by Crippen LogP contribution is 2.38. The van der Waals surface area contributed by atoms with Crippen molar-refractivity contribution in [3.63, 3.8) is 0 Å². The number of aromatic nitrogens is 4. The van der Waals surface area contributed by atoms with Crippen LogP contribution in [0.3, 0.4) is 0 Å². The first-order valence-corrected chi connectivity index (χ1v) is 20.3. The third kappa shape index (κ3) is 10.4. The summed E-state index contributed by atoms with van der Waals surface area (Å²) >= 11 is 6.01. The van der Waals surface area contributed by atoms with Crippen molar-refractivity contribution in [2.75, 3.05) is 22.4 Å². The van der Waals surface area contributed by atoms with E-state index in [9.17, 15) is 26.4 Å². The number of halogens is 4. The maximum atomic E-state index is 13.1. The van der Waals surface area contributed by atoms with E-state index in [2.05, 4.69) is 40.0 Å². The molecule has 0 aliphatic heterocycles. The van der Waals surface area contributed by atoms with E-state index in [1.165, 1.54) is 41.5 Å². The summed E-state index contributed by atoms with van der Waals surface area (Å²) in [5, 5.41) is 8.10. The average molecular weight is 726 g/mol. The van der Waals surface area contributed by atoms with Gasteiger partial charge in [-0.25, -0.2) is 18.1 Å². The summed E-state index contributed by atoms with van der Waals surface area (Å²) in [6.45, 7) is 8.64. The largest absolute Gasteiger partial charge is 0.484 e. The Bertz CT molecular complexity index is 1840. The standard InChI is InChI=1S/C30H35ClF3N7O5SSi/c1-19(20-5-8-22(31)9-6-20)46-24-15-21(7-10-23(24)40-47(43,44)17-30(32,33)34)27-26(28(35)42)29(38-25-16-36-11-12-37-25)41(39-27)18-45-13-14-48(2,3)4/h5-12,15-16,19,40H,13-14,17-18H2,1-4H3,(H2,35,42)(H,37,38). The van der Waals surface area contributed by atoms with Gasteiger partial charge in [0.05, 0.1) is 11.9 Å². The minimum absolute atomic E-state index is 0.0587. The van der Waals surface area contributed by atoms with Crippen molar-refractivity contribution in [2.24, 2.45) is 5.73 Å². The predicted octanol–water partition coefficient (Wildman–Crippen LogP) is 6.59. The lowest BCUT2D eigenvalue weighted by Crippen LogP contribution is -2.28. The molecule has 0 aliphatic rings. The minimum atomic E-state index is -4.99. The lowest BCUT2D eigenvalue weighted by molar-refractivity contribution is -0.106. The van der Waals surface area contributed by atoms with Crippen LogP contribution in [-0.4, -0.2) is 60.7 Å². The van der Waals surface area contributed by atoms with E-state index >= 15 is 0 Å². The van der Waals surface area contributed by atoms with Crippen molar-refractivity contribution in [3.8, 4) is 17.0 Å². The second-order valence-corrected chi connectivity index (χ2v) is 19.8. The van der Waals surface area contributed by atoms with Gasteiger partial charge in [-0.1, -0.05) is 49.4 Å². The number of carbonyl (C=O) groups excluding carboxylic acids is 1. The van der Waals surface area contributed by atoms with Gasteiger partial charge >= 0.3 is 6.18 Å². The number of nitrogens with one attached hydrogen (secondary N) is 2. The Morgan fingerprint density at radius 3 is 2.44 bits per heavy atom. The van der Waals surface area contributed by atoms with E-state index < -0.39 is 42.0 Å². The van der Waals surface area contributed by atoms with Gasteiger partial charge in [0.15, 0.2) is 5.75 Å². The highest BCUT2D eigenvalue weighted by atomic mass is 35.5. The van der Waals surface area contributed by atoms with Crippen molar-refractivity contribution in [1.82, 2.24) is 19.7 Å². The Kier molecular flexibility index (Phi) is 11.4. The number of sulfonamides is 1. The zero-order chi connectivity index (χ0) is 35.3. The van der Waals surface area contributed by atoms with Gasteiger partial charge in [0.1, 0.15) is 41.5 Å². The van der Waals surface area contributed by atoms with Gasteiger partial charge in [-0.05, 0) is 42.8 Å². The van der Waals surface area contributed by atoms with Crippen LogP contribution in [0.2, 0.25) is 30.7 Å².